The first kappa shape index (κ1) is 13.6. The van der Waals surface area contributed by atoms with E-state index in [1.54, 1.807) is 6.20 Å². The SMILES string of the molecule is O=C(NC1CCOCC1)N1CCN(c2cnsn2)CC1. The number of nitrogens with zero attached hydrogens (tertiary/aromatic N) is 4. The number of aromatic nitrogens is 2. The Morgan fingerprint density at radius 3 is 2.70 bits per heavy atom. The third-order valence-electron chi connectivity index (χ3n) is 3.79. The number of rotatable bonds is 2. The quantitative estimate of drug-likeness (QED) is 0.863. The molecule has 8 heteroatoms. The van der Waals surface area contributed by atoms with Crippen LogP contribution in [0.25, 0.3) is 0 Å². The molecule has 110 valence electrons. The van der Waals surface area contributed by atoms with Gasteiger partial charge < -0.3 is 19.9 Å². The molecular weight excluding hydrogens is 278 g/mol. The second-order valence-corrected chi connectivity index (χ2v) is 5.63. The predicted molar refractivity (Wildman–Crippen MR) is 76.1 cm³/mol. The first-order chi connectivity index (χ1) is 9.83. The number of carbonyl (C=O) groups excluding carboxylic acids is 1. The van der Waals surface area contributed by atoms with E-state index in [1.807, 2.05) is 4.90 Å². The number of ether oxygens (including phenoxy) is 1. The topological polar surface area (TPSA) is 70.6 Å². The molecule has 2 amide bonds. The lowest BCUT2D eigenvalue weighted by Gasteiger charge is -2.35. The number of anilines is 1. The normalized spacial score (nSPS) is 21.0. The number of piperazine rings is 1. The maximum absolute atomic E-state index is 12.2. The van der Waals surface area contributed by atoms with Crippen molar-refractivity contribution in [3.05, 3.63) is 6.20 Å². The third-order valence-corrected chi connectivity index (χ3v) is 4.26. The van der Waals surface area contributed by atoms with Crippen LogP contribution in [-0.4, -0.2) is 65.1 Å². The van der Waals surface area contributed by atoms with E-state index in [0.29, 0.717) is 0 Å². The van der Waals surface area contributed by atoms with Gasteiger partial charge in [-0.3, -0.25) is 0 Å². The molecule has 2 saturated heterocycles. The Hall–Kier alpha value is -1.41. The molecule has 0 radical (unpaired) electrons. The number of hydrogen-bond donors (Lipinski definition) is 1. The first-order valence-electron chi connectivity index (χ1n) is 6.98. The second kappa shape index (κ2) is 6.36. The van der Waals surface area contributed by atoms with E-state index in [4.69, 9.17) is 4.74 Å². The highest BCUT2D eigenvalue weighted by Crippen LogP contribution is 2.14. The minimum Gasteiger partial charge on any atom is -0.381 e. The van der Waals surface area contributed by atoms with Crippen LogP contribution in [-0.2, 0) is 4.74 Å². The van der Waals surface area contributed by atoms with Crippen molar-refractivity contribution >= 4 is 23.6 Å². The van der Waals surface area contributed by atoms with Gasteiger partial charge in [0.15, 0.2) is 5.82 Å². The first-order valence-corrected chi connectivity index (χ1v) is 7.71. The maximum Gasteiger partial charge on any atom is 0.317 e. The number of amides is 2. The summed E-state index contributed by atoms with van der Waals surface area (Å²) in [7, 11) is 0. The van der Waals surface area contributed by atoms with Gasteiger partial charge in [0.1, 0.15) is 0 Å². The van der Waals surface area contributed by atoms with Crippen LogP contribution in [0.2, 0.25) is 0 Å². The monoisotopic (exact) mass is 297 g/mol. The van der Waals surface area contributed by atoms with Gasteiger partial charge in [0.05, 0.1) is 17.9 Å². The van der Waals surface area contributed by atoms with Crippen LogP contribution >= 0.6 is 11.7 Å². The molecular formula is C12H19N5O2S. The summed E-state index contributed by atoms with van der Waals surface area (Å²) in [4.78, 5) is 16.2. The summed E-state index contributed by atoms with van der Waals surface area (Å²) in [5, 5.41) is 3.10. The summed E-state index contributed by atoms with van der Waals surface area (Å²) in [5.74, 6) is 0.916. The smallest absolute Gasteiger partial charge is 0.317 e. The van der Waals surface area contributed by atoms with Crippen LogP contribution < -0.4 is 10.2 Å². The molecule has 0 aliphatic carbocycles. The van der Waals surface area contributed by atoms with E-state index in [2.05, 4.69) is 19.0 Å². The molecule has 0 spiro atoms. The molecule has 0 atom stereocenters. The van der Waals surface area contributed by atoms with Gasteiger partial charge in [-0.25, -0.2) is 4.79 Å². The highest BCUT2D eigenvalue weighted by molar-refractivity contribution is 6.99. The van der Waals surface area contributed by atoms with Crippen LogP contribution in [0.5, 0.6) is 0 Å². The van der Waals surface area contributed by atoms with Gasteiger partial charge in [0, 0.05) is 45.4 Å². The average Bonchev–Trinajstić information content (AvgIpc) is 3.03. The molecule has 1 aromatic rings. The van der Waals surface area contributed by atoms with Crippen molar-refractivity contribution in [3.63, 3.8) is 0 Å². The molecule has 0 unspecified atom stereocenters. The van der Waals surface area contributed by atoms with Crippen LogP contribution in [0.15, 0.2) is 6.20 Å². The van der Waals surface area contributed by atoms with Crippen molar-refractivity contribution < 1.29 is 9.53 Å². The Bertz CT molecular complexity index is 427. The van der Waals surface area contributed by atoms with Crippen molar-refractivity contribution in [3.8, 4) is 0 Å². The zero-order chi connectivity index (χ0) is 13.8. The largest absolute Gasteiger partial charge is 0.381 e. The predicted octanol–water partition coefficient (Wildman–Crippen LogP) is 0.549. The second-order valence-electron chi connectivity index (χ2n) is 5.08. The van der Waals surface area contributed by atoms with Gasteiger partial charge in [-0.05, 0) is 12.8 Å². The number of hydrogen-bond acceptors (Lipinski definition) is 6. The summed E-state index contributed by atoms with van der Waals surface area (Å²) in [6.07, 6.45) is 3.61. The molecule has 3 heterocycles. The molecule has 2 aliphatic rings. The fourth-order valence-corrected chi connectivity index (χ4v) is 2.98. The summed E-state index contributed by atoms with van der Waals surface area (Å²) < 4.78 is 13.5. The molecule has 1 N–H and O–H groups in total. The zero-order valence-electron chi connectivity index (χ0n) is 11.3. The van der Waals surface area contributed by atoms with E-state index in [0.717, 1.165) is 58.1 Å². The van der Waals surface area contributed by atoms with Crippen molar-refractivity contribution in [2.75, 3.05) is 44.3 Å². The maximum atomic E-state index is 12.2. The van der Waals surface area contributed by atoms with E-state index in [9.17, 15) is 4.79 Å². The number of urea groups is 1. The highest BCUT2D eigenvalue weighted by atomic mass is 32.1. The summed E-state index contributed by atoms with van der Waals surface area (Å²) >= 11 is 1.22. The fourth-order valence-electron chi connectivity index (χ4n) is 2.55. The Morgan fingerprint density at radius 1 is 1.30 bits per heavy atom. The van der Waals surface area contributed by atoms with Crippen LogP contribution in [0.3, 0.4) is 0 Å². The van der Waals surface area contributed by atoms with E-state index in [1.165, 1.54) is 11.7 Å². The van der Waals surface area contributed by atoms with Gasteiger partial charge in [-0.2, -0.15) is 8.75 Å². The number of nitrogens with one attached hydrogen (secondary N) is 1. The standard InChI is InChI=1S/C12H19N5O2S/c18-12(14-10-1-7-19-8-2-10)17-5-3-16(4-6-17)11-9-13-20-15-11/h9-10H,1-8H2,(H,14,18). The van der Waals surface area contributed by atoms with E-state index < -0.39 is 0 Å². The van der Waals surface area contributed by atoms with E-state index >= 15 is 0 Å². The summed E-state index contributed by atoms with van der Waals surface area (Å²) in [6, 6.07) is 0.310. The highest BCUT2D eigenvalue weighted by Gasteiger charge is 2.24. The van der Waals surface area contributed by atoms with Gasteiger partial charge >= 0.3 is 6.03 Å². The minimum absolute atomic E-state index is 0.0490. The van der Waals surface area contributed by atoms with Gasteiger partial charge in [-0.1, -0.05) is 0 Å². The average molecular weight is 297 g/mol. The summed E-state index contributed by atoms with van der Waals surface area (Å²) in [5.41, 5.74) is 0. The van der Waals surface area contributed by atoms with E-state index in [-0.39, 0.29) is 12.1 Å². The van der Waals surface area contributed by atoms with Gasteiger partial charge in [0.25, 0.3) is 0 Å². The van der Waals surface area contributed by atoms with Crippen molar-refractivity contribution in [2.45, 2.75) is 18.9 Å². The lowest BCUT2D eigenvalue weighted by atomic mass is 10.1. The molecule has 2 aliphatic heterocycles. The lowest BCUT2D eigenvalue weighted by molar-refractivity contribution is 0.0779. The molecule has 0 bridgehead atoms. The molecule has 0 saturated carbocycles. The van der Waals surface area contributed by atoms with Gasteiger partial charge in [-0.15, -0.1) is 0 Å². The molecule has 20 heavy (non-hydrogen) atoms. The molecule has 2 fully saturated rings. The van der Waals surface area contributed by atoms with Crippen LogP contribution in [0.1, 0.15) is 12.8 Å². The number of carbonyl (C=O) groups is 1. The van der Waals surface area contributed by atoms with Crippen molar-refractivity contribution in [1.82, 2.24) is 19.0 Å². The molecule has 7 nitrogen and oxygen atoms in total. The fraction of sp³-hybridized carbons (Fsp3) is 0.750. The Balaban J connectivity index is 1.46. The van der Waals surface area contributed by atoms with Crippen molar-refractivity contribution in [1.29, 1.82) is 0 Å². The Labute approximate surface area is 122 Å². The third kappa shape index (κ3) is 3.18. The van der Waals surface area contributed by atoms with Gasteiger partial charge in [0.2, 0.25) is 0 Å². The molecule has 0 aromatic carbocycles. The lowest BCUT2D eigenvalue weighted by Crippen LogP contribution is -2.54. The van der Waals surface area contributed by atoms with Crippen molar-refractivity contribution in [2.24, 2.45) is 0 Å². The minimum atomic E-state index is 0.0490. The molecule has 3 rings (SSSR count). The molecule has 1 aromatic heterocycles. The van der Waals surface area contributed by atoms with Crippen LogP contribution in [0, 0.1) is 0 Å². The Morgan fingerprint density at radius 2 is 2.05 bits per heavy atom. The zero-order valence-corrected chi connectivity index (χ0v) is 12.1. The Kier molecular flexibility index (Phi) is 4.31. The summed E-state index contributed by atoms with van der Waals surface area (Å²) in [6.45, 7) is 4.57. The van der Waals surface area contributed by atoms with Crippen LogP contribution in [0.4, 0.5) is 10.6 Å².